The zero-order valence-corrected chi connectivity index (χ0v) is 14.2. The molecule has 0 spiro atoms. The van der Waals surface area contributed by atoms with Crippen molar-refractivity contribution in [2.45, 2.75) is 65.2 Å². The Kier molecular flexibility index (Phi) is 5.47. The lowest BCUT2D eigenvalue weighted by Gasteiger charge is -2.21. The number of rotatable bonds is 8. The molecule has 0 atom stereocenters. The van der Waals surface area contributed by atoms with E-state index in [9.17, 15) is 0 Å². The molecule has 4 nitrogen and oxygen atoms in total. The summed E-state index contributed by atoms with van der Waals surface area (Å²) in [6.45, 7) is 12.1. The molecule has 0 aromatic carbocycles. The first-order valence-corrected chi connectivity index (χ1v) is 7.95. The second kappa shape index (κ2) is 6.95. The molecule has 1 heterocycles. The van der Waals surface area contributed by atoms with Crippen LogP contribution in [0.15, 0.2) is 10.5 Å². The zero-order chi connectivity index (χ0) is 15.5. The molecule has 1 N–H and O–H groups in total. The van der Waals surface area contributed by atoms with Crippen LogP contribution in [0.3, 0.4) is 0 Å². The van der Waals surface area contributed by atoms with Gasteiger partial charge in [0, 0.05) is 37.3 Å². The minimum atomic E-state index is 0.110. The van der Waals surface area contributed by atoms with Gasteiger partial charge in [-0.2, -0.15) is 0 Å². The molecule has 1 fully saturated rings. The fraction of sp³-hybridized carbons (Fsp3) is 0.765. The van der Waals surface area contributed by atoms with Crippen molar-refractivity contribution in [1.29, 1.82) is 0 Å². The normalized spacial score (nSPS) is 15.9. The molecule has 21 heavy (non-hydrogen) atoms. The topological polar surface area (TPSA) is 37.6 Å². The van der Waals surface area contributed by atoms with Gasteiger partial charge in [0.25, 0.3) is 0 Å². The van der Waals surface area contributed by atoms with E-state index in [0.717, 1.165) is 43.8 Å². The summed E-state index contributed by atoms with van der Waals surface area (Å²) in [5, 5.41) is 3.47. The molecule has 0 unspecified atom stereocenters. The second-order valence-electron chi connectivity index (χ2n) is 7.09. The van der Waals surface area contributed by atoms with Gasteiger partial charge in [0.05, 0.1) is 13.2 Å². The Morgan fingerprint density at radius 1 is 1.38 bits per heavy atom. The fourth-order valence-electron chi connectivity index (χ4n) is 2.44. The molecule has 0 aliphatic heterocycles. The van der Waals surface area contributed by atoms with Gasteiger partial charge < -0.3 is 14.5 Å². The average molecular weight is 294 g/mol. The van der Waals surface area contributed by atoms with Crippen molar-refractivity contribution in [2.75, 3.05) is 20.3 Å². The Morgan fingerprint density at radius 2 is 2.10 bits per heavy atom. The maximum Gasteiger partial charge on any atom is 0.118 e. The highest BCUT2D eigenvalue weighted by atomic mass is 16.5. The molecule has 0 radical (unpaired) electrons. The predicted molar refractivity (Wildman–Crippen MR) is 85.3 cm³/mol. The summed E-state index contributed by atoms with van der Waals surface area (Å²) in [6.07, 6.45) is 2.64. The number of furan rings is 1. The van der Waals surface area contributed by atoms with Crippen LogP contribution in [0, 0.1) is 6.92 Å². The lowest BCUT2D eigenvalue weighted by molar-refractivity contribution is 0.139. The molecular formula is C17H30N2O2. The van der Waals surface area contributed by atoms with E-state index < -0.39 is 0 Å². The highest BCUT2D eigenvalue weighted by Crippen LogP contribution is 2.29. The van der Waals surface area contributed by atoms with Gasteiger partial charge in [-0.1, -0.05) is 0 Å². The molecule has 0 amide bonds. The molecular weight excluding hydrogens is 264 g/mol. The Balaban J connectivity index is 1.94. The quantitative estimate of drug-likeness (QED) is 0.799. The maximum absolute atomic E-state index is 5.90. The minimum Gasteiger partial charge on any atom is -0.465 e. The summed E-state index contributed by atoms with van der Waals surface area (Å²) in [5.41, 5.74) is 1.42. The molecule has 0 saturated heterocycles. The minimum absolute atomic E-state index is 0.110. The van der Waals surface area contributed by atoms with Crippen LogP contribution in [0.25, 0.3) is 0 Å². The average Bonchev–Trinajstić information content (AvgIpc) is 3.17. The molecule has 1 saturated carbocycles. The Bertz CT molecular complexity index is 444. The van der Waals surface area contributed by atoms with E-state index >= 15 is 0 Å². The number of hydrogen-bond acceptors (Lipinski definition) is 4. The van der Waals surface area contributed by atoms with Gasteiger partial charge in [-0.3, -0.25) is 4.90 Å². The van der Waals surface area contributed by atoms with E-state index in [4.69, 9.17) is 9.15 Å². The van der Waals surface area contributed by atoms with Gasteiger partial charge in [0.1, 0.15) is 11.5 Å². The van der Waals surface area contributed by atoms with E-state index in [0.29, 0.717) is 0 Å². The van der Waals surface area contributed by atoms with Gasteiger partial charge in [0.2, 0.25) is 0 Å². The van der Waals surface area contributed by atoms with Crippen molar-refractivity contribution in [1.82, 2.24) is 10.2 Å². The number of ether oxygens (including phenoxy) is 1. The van der Waals surface area contributed by atoms with Crippen LogP contribution >= 0.6 is 0 Å². The lowest BCUT2D eigenvalue weighted by atomic mass is 10.1. The summed E-state index contributed by atoms with van der Waals surface area (Å²) in [5.74, 6) is 2.07. The largest absolute Gasteiger partial charge is 0.465 e. The van der Waals surface area contributed by atoms with Gasteiger partial charge in [0.15, 0.2) is 0 Å². The maximum atomic E-state index is 5.90. The van der Waals surface area contributed by atoms with E-state index in [1.165, 1.54) is 18.4 Å². The van der Waals surface area contributed by atoms with Crippen molar-refractivity contribution in [3.05, 3.63) is 23.2 Å². The van der Waals surface area contributed by atoms with Crippen molar-refractivity contribution >= 4 is 0 Å². The molecule has 2 rings (SSSR count). The van der Waals surface area contributed by atoms with Crippen LogP contribution in [0.5, 0.6) is 0 Å². The lowest BCUT2D eigenvalue weighted by Crippen LogP contribution is -2.34. The molecule has 1 aromatic heterocycles. The molecule has 4 heteroatoms. The first kappa shape index (κ1) is 16.5. The first-order valence-electron chi connectivity index (χ1n) is 7.95. The highest BCUT2D eigenvalue weighted by Gasteiger charge is 2.29. The van der Waals surface area contributed by atoms with Crippen molar-refractivity contribution in [3.63, 3.8) is 0 Å². The van der Waals surface area contributed by atoms with Gasteiger partial charge in [-0.05, 0) is 46.6 Å². The number of aryl methyl sites for hydroxylation is 1. The van der Waals surface area contributed by atoms with Gasteiger partial charge in [-0.15, -0.1) is 0 Å². The van der Waals surface area contributed by atoms with Crippen LogP contribution in [0.1, 0.15) is 50.7 Å². The van der Waals surface area contributed by atoms with E-state index in [1.54, 1.807) is 7.11 Å². The van der Waals surface area contributed by atoms with E-state index in [2.05, 4.69) is 44.0 Å². The van der Waals surface area contributed by atoms with Crippen molar-refractivity contribution in [3.8, 4) is 0 Å². The van der Waals surface area contributed by atoms with Crippen LogP contribution < -0.4 is 5.32 Å². The Labute approximate surface area is 128 Å². The SMILES string of the molecule is COCCN(Cc1cc(CNC(C)(C)C)oc1C)C1CC1. The van der Waals surface area contributed by atoms with Gasteiger partial charge in [-0.25, -0.2) is 0 Å². The summed E-state index contributed by atoms with van der Waals surface area (Å²) in [7, 11) is 1.77. The summed E-state index contributed by atoms with van der Waals surface area (Å²) in [4.78, 5) is 2.52. The third-order valence-corrected chi connectivity index (χ3v) is 3.88. The van der Waals surface area contributed by atoms with Crippen LogP contribution in [-0.2, 0) is 17.8 Å². The summed E-state index contributed by atoms with van der Waals surface area (Å²) in [6, 6.07) is 2.95. The number of nitrogens with zero attached hydrogens (tertiary/aromatic N) is 1. The van der Waals surface area contributed by atoms with Crippen molar-refractivity contribution < 1.29 is 9.15 Å². The molecule has 1 aliphatic carbocycles. The highest BCUT2D eigenvalue weighted by molar-refractivity contribution is 5.21. The van der Waals surface area contributed by atoms with Gasteiger partial charge >= 0.3 is 0 Å². The summed E-state index contributed by atoms with van der Waals surface area (Å²) < 4.78 is 11.1. The smallest absolute Gasteiger partial charge is 0.118 e. The number of methoxy groups -OCH3 is 1. The predicted octanol–water partition coefficient (Wildman–Crippen LogP) is 3.09. The number of nitrogens with one attached hydrogen (secondary N) is 1. The first-order chi connectivity index (χ1) is 9.89. The molecule has 1 aromatic rings. The van der Waals surface area contributed by atoms with Crippen LogP contribution in [0.4, 0.5) is 0 Å². The summed E-state index contributed by atoms with van der Waals surface area (Å²) >= 11 is 0. The molecule has 1 aliphatic rings. The third-order valence-electron chi connectivity index (χ3n) is 3.88. The third kappa shape index (κ3) is 5.46. The monoisotopic (exact) mass is 294 g/mol. The zero-order valence-electron chi connectivity index (χ0n) is 14.2. The van der Waals surface area contributed by atoms with E-state index in [-0.39, 0.29) is 5.54 Å². The Hall–Kier alpha value is -0.840. The molecule has 120 valence electrons. The second-order valence-corrected chi connectivity index (χ2v) is 7.09. The number of hydrogen-bond donors (Lipinski definition) is 1. The fourth-order valence-corrected chi connectivity index (χ4v) is 2.44. The Morgan fingerprint density at radius 3 is 2.67 bits per heavy atom. The molecule has 0 bridgehead atoms. The van der Waals surface area contributed by atoms with Crippen LogP contribution in [0.2, 0.25) is 0 Å². The van der Waals surface area contributed by atoms with Crippen molar-refractivity contribution in [2.24, 2.45) is 0 Å². The van der Waals surface area contributed by atoms with E-state index in [1.807, 2.05) is 0 Å². The van der Waals surface area contributed by atoms with Crippen LogP contribution in [-0.4, -0.2) is 36.7 Å². The standard InChI is InChI=1S/C17H30N2O2/c1-13-14(10-16(21-13)11-18-17(2,3)4)12-19(8-9-20-5)15-6-7-15/h10,15,18H,6-9,11-12H2,1-5H3.